The van der Waals surface area contributed by atoms with Gasteiger partial charge in [-0.1, -0.05) is 64.1 Å². The Morgan fingerprint density at radius 3 is 2.03 bits per heavy atom. The van der Waals surface area contributed by atoms with E-state index in [-0.39, 0.29) is 63.1 Å². The van der Waals surface area contributed by atoms with Crippen LogP contribution in [0.1, 0.15) is 69.4 Å². The first-order chi connectivity index (χ1) is 33.3. The molecule has 0 radical (unpaired) electrons. The summed E-state index contributed by atoms with van der Waals surface area (Å²) in [6.07, 6.45) is -1.78. The van der Waals surface area contributed by atoms with Crippen LogP contribution in [0.3, 0.4) is 0 Å². The molecule has 1 fully saturated rings. The number of aliphatic carboxylic acids is 1. The van der Waals surface area contributed by atoms with Crippen molar-refractivity contribution in [2.75, 3.05) is 45.2 Å². The number of hydrogen-bond acceptors (Lipinski definition) is 15. The summed E-state index contributed by atoms with van der Waals surface area (Å²) in [7, 11) is 5.21. The Morgan fingerprint density at radius 2 is 1.39 bits per heavy atom. The molecular formula is C46H67N9O13S2. The molecule has 3 rings (SSSR count). The Balaban J connectivity index is 1.86. The molecule has 22 nitrogen and oxygen atoms in total. The summed E-state index contributed by atoms with van der Waals surface area (Å²) < 4.78 is 0. The standard InChI is InChI=1S/C46H67N9O13S2/c1-28(56)39-43(64)52-34(26-29-11-5-4-6-12-29)44(65)54(2)35(14-8-10-22-48-36(58)19-23-69-70-24-20-38(60)55(3)45(66)46(67)68)42(63)51-33(25-30-15-17-31(57)18-16-30)40(61)49-27-37(59)50-32(41(62)53-39)13-7-9-21-47/h4-6,11-12,15-18,28,32-35,39,45,56-57,66H,7-10,13-14,19-27,47H2,1-3H3,(H,48,58)(H,49,61)(H,50,59)(H,51,63)(H,52,64)(H,53,62)(H,67,68)/t28-,32+,33+,34+,35+,39?,45+/m1/s1. The maximum absolute atomic E-state index is 14.7. The van der Waals surface area contributed by atoms with Crippen molar-refractivity contribution in [1.29, 1.82) is 0 Å². The third-order valence-corrected chi connectivity index (χ3v) is 13.6. The van der Waals surface area contributed by atoms with Gasteiger partial charge in [-0.25, -0.2) is 4.79 Å². The van der Waals surface area contributed by atoms with Crippen LogP contribution in [0.2, 0.25) is 0 Å². The fourth-order valence-corrected chi connectivity index (χ4v) is 9.12. The van der Waals surface area contributed by atoms with E-state index in [0.717, 1.165) is 9.80 Å². The number of likely N-dealkylation sites (N-methyl/N-ethyl adjacent to an activating group) is 2. The van der Waals surface area contributed by atoms with Crippen LogP contribution in [-0.2, 0) is 56.0 Å². The molecule has 7 atom stereocenters. The van der Waals surface area contributed by atoms with Crippen LogP contribution in [0, 0.1) is 0 Å². The molecule has 0 aromatic heterocycles. The van der Waals surface area contributed by atoms with Crippen molar-refractivity contribution in [2.45, 2.75) is 114 Å². The maximum atomic E-state index is 14.7. The first-order valence-corrected chi connectivity index (χ1v) is 25.4. The lowest BCUT2D eigenvalue weighted by Gasteiger charge is -2.33. The number of benzene rings is 2. The second-order valence-electron chi connectivity index (χ2n) is 16.7. The molecular weight excluding hydrogens is 951 g/mol. The number of hydrogen-bond donors (Lipinski definition) is 11. The number of carboxylic acid groups (broad SMARTS) is 1. The number of amides is 8. The van der Waals surface area contributed by atoms with Gasteiger partial charge in [-0.05, 0) is 75.3 Å². The van der Waals surface area contributed by atoms with Crippen LogP contribution in [-0.4, -0.2) is 171 Å². The predicted octanol–water partition coefficient (Wildman–Crippen LogP) is -1.11. The van der Waals surface area contributed by atoms with E-state index >= 15 is 0 Å². The van der Waals surface area contributed by atoms with Crippen molar-refractivity contribution in [3.63, 3.8) is 0 Å². The summed E-state index contributed by atoms with van der Waals surface area (Å²) in [6.45, 7) is 1.17. The SMILES string of the molecule is C[C@@H](O)C1NC(=O)[C@H](CCCCN)NC(=O)CNC(=O)[C@H](Cc2ccc(O)cc2)NC(=O)[C@H](CCCCNC(=O)CCSSCCC(=O)N(C)[C@@H](O)C(=O)O)N(C)C(=O)[C@H](Cc2ccccc2)NC1=O. The highest BCUT2D eigenvalue weighted by molar-refractivity contribution is 8.76. The highest BCUT2D eigenvalue weighted by atomic mass is 33.1. The number of phenols is 1. The monoisotopic (exact) mass is 1020 g/mol. The molecule has 0 bridgehead atoms. The molecule has 12 N–H and O–H groups in total. The smallest absolute Gasteiger partial charge is 0.354 e. The van der Waals surface area contributed by atoms with Gasteiger partial charge in [-0.3, -0.25) is 38.4 Å². The number of carboxylic acids is 1. The third kappa shape index (κ3) is 20.2. The summed E-state index contributed by atoms with van der Waals surface area (Å²) in [5.74, 6) is -6.37. The van der Waals surface area contributed by atoms with Crippen LogP contribution >= 0.6 is 21.6 Å². The van der Waals surface area contributed by atoms with E-state index in [0.29, 0.717) is 48.4 Å². The lowest BCUT2D eigenvalue weighted by atomic mass is 10.00. The van der Waals surface area contributed by atoms with Crippen molar-refractivity contribution in [3.8, 4) is 5.75 Å². The van der Waals surface area contributed by atoms with Gasteiger partial charge < -0.3 is 67.9 Å². The average molecular weight is 1020 g/mol. The van der Waals surface area contributed by atoms with Gasteiger partial charge in [-0.15, -0.1) is 0 Å². The lowest BCUT2D eigenvalue weighted by molar-refractivity contribution is -0.163. The number of nitrogens with two attached hydrogens (primary N) is 1. The molecule has 2 aromatic rings. The van der Waals surface area contributed by atoms with E-state index < -0.39 is 96.4 Å². The molecule has 70 heavy (non-hydrogen) atoms. The Kier molecular flexibility index (Phi) is 25.5. The summed E-state index contributed by atoms with van der Waals surface area (Å²) in [5, 5.41) is 54.9. The van der Waals surface area contributed by atoms with Gasteiger partial charge in [0.25, 0.3) is 0 Å². The minimum atomic E-state index is -1.94. The topological polar surface area (TPSA) is 339 Å². The molecule has 24 heteroatoms. The number of nitrogens with one attached hydrogen (secondary N) is 6. The van der Waals surface area contributed by atoms with Crippen LogP contribution in [0.4, 0.5) is 0 Å². The van der Waals surface area contributed by atoms with Gasteiger partial charge in [0.05, 0.1) is 12.6 Å². The zero-order chi connectivity index (χ0) is 51.8. The Hall–Kier alpha value is -5.95. The molecule has 1 saturated heterocycles. The third-order valence-electron chi connectivity index (χ3n) is 11.2. The Morgan fingerprint density at radius 1 is 0.771 bits per heavy atom. The first kappa shape index (κ1) is 58.4. The van der Waals surface area contributed by atoms with E-state index in [2.05, 4.69) is 31.9 Å². The van der Waals surface area contributed by atoms with E-state index in [1.54, 1.807) is 42.5 Å². The average Bonchev–Trinajstić information content (AvgIpc) is 3.33. The number of carbonyl (C=O) groups is 9. The highest BCUT2D eigenvalue weighted by Gasteiger charge is 2.37. The number of aromatic hydroxyl groups is 1. The highest BCUT2D eigenvalue weighted by Crippen LogP contribution is 2.23. The van der Waals surface area contributed by atoms with E-state index in [9.17, 15) is 58.5 Å². The molecule has 8 amide bonds. The maximum Gasteiger partial charge on any atom is 0.354 e. The Labute approximate surface area is 414 Å². The van der Waals surface area contributed by atoms with Crippen LogP contribution in [0.15, 0.2) is 54.6 Å². The molecule has 1 aliphatic rings. The second-order valence-corrected chi connectivity index (χ2v) is 19.4. The van der Waals surface area contributed by atoms with Crippen molar-refractivity contribution in [2.24, 2.45) is 5.73 Å². The zero-order valence-electron chi connectivity index (χ0n) is 39.6. The summed E-state index contributed by atoms with van der Waals surface area (Å²) in [5.41, 5.74) is 6.83. The molecule has 1 aliphatic heterocycles. The van der Waals surface area contributed by atoms with Gasteiger partial charge >= 0.3 is 5.97 Å². The molecule has 1 unspecified atom stereocenters. The van der Waals surface area contributed by atoms with Crippen LogP contribution < -0.4 is 37.6 Å². The normalized spacial score (nSPS) is 20.6. The van der Waals surface area contributed by atoms with E-state index in [4.69, 9.17) is 10.8 Å². The first-order valence-electron chi connectivity index (χ1n) is 22.9. The van der Waals surface area contributed by atoms with E-state index in [1.807, 2.05) is 0 Å². The fraction of sp³-hybridized carbons (Fsp3) is 0.543. The number of nitrogens with zero attached hydrogens (tertiary/aromatic N) is 2. The number of phenolic OH excluding ortho intramolecular Hbond substituents is 1. The van der Waals surface area contributed by atoms with Crippen LogP contribution in [0.5, 0.6) is 5.75 Å². The van der Waals surface area contributed by atoms with Gasteiger partial charge in [0.1, 0.15) is 36.0 Å². The number of carbonyl (C=O) groups excluding carboxylic acids is 8. The lowest BCUT2D eigenvalue weighted by Crippen LogP contribution is -2.62. The van der Waals surface area contributed by atoms with Crippen molar-refractivity contribution in [3.05, 3.63) is 65.7 Å². The van der Waals surface area contributed by atoms with E-state index in [1.165, 1.54) is 54.7 Å². The van der Waals surface area contributed by atoms with Gasteiger partial charge in [0.2, 0.25) is 53.5 Å². The minimum absolute atomic E-state index is 0.0161. The molecule has 0 aliphatic carbocycles. The molecule has 386 valence electrons. The Bertz CT molecular complexity index is 2070. The minimum Gasteiger partial charge on any atom is -0.508 e. The number of aliphatic hydroxyl groups is 2. The summed E-state index contributed by atoms with van der Waals surface area (Å²) in [6, 6.07) is 7.90. The second kappa shape index (κ2) is 30.6. The van der Waals surface area contributed by atoms with Crippen LogP contribution in [0.25, 0.3) is 0 Å². The summed E-state index contributed by atoms with van der Waals surface area (Å²) >= 11 is 0. The van der Waals surface area contributed by atoms with Crippen molar-refractivity contribution < 1.29 is 63.6 Å². The van der Waals surface area contributed by atoms with Crippen molar-refractivity contribution in [1.82, 2.24) is 41.7 Å². The quantitative estimate of drug-likeness (QED) is 0.0357. The number of unbranched alkanes of at least 4 members (excludes halogenated alkanes) is 2. The number of aliphatic hydroxyl groups excluding tert-OH is 2. The fourth-order valence-electron chi connectivity index (χ4n) is 7.15. The van der Waals surface area contributed by atoms with Gasteiger partial charge in [-0.2, -0.15) is 0 Å². The molecule has 1 heterocycles. The molecule has 0 saturated carbocycles. The molecule has 0 spiro atoms. The molecule has 2 aromatic carbocycles. The van der Waals surface area contributed by atoms with Gasteiger partial charge in [0.15, 0.2) is 0 Å². The summed E-state index contributed by atoms with van der Waals surface area (Å²) in [4.78, 5) is 122. The van der Waals surface area contributed by atoms with Crippen molar-refractivity contribution >= 4 is 74.8 Å². The zero-order valence-corrected chi connectivity index (χ0v) is 41.2. The predicted molar refractivity (Wildman–Crippen MR) is 261 cm³/mol. The largest absolute Gasteiger partial charge is 0.508 e. The van der Waals surface area contributed by atoms with Gasteiger partial charge in [0, 0.05) is 57.8 Å². The number of rotatable bonds is 23.